The monoisotopic (exact) mass is 292 g/mol. The first-order valence-corrected chi connectivity index (χ1v) is 9.21. The maximum atomic E-state index is 12.2. The van der Waals surface area contributed by atoms with Gasteiger partial charge in [-0.25, -0.2) is 0 Å². The standard InChI is InChI=1S/C12H26BO5P/c1-5-9-10(18-19(4,14)6-2)11(12(13)17-9)16-8-7-15-3/h9-12H,5-8,13H2,1-4H3/t9-,10?,11+,12-,19?/m1/s1. The molecule has 19 heavy (non-hydrogen) atoms. The van der Waals surface area contributed by atoms with E-state index in [-0.39, 0.29) is 24.3 Å². The Kier molecular flexibility index (Phi) is 7.05. The Balaban J connectivity index is 2.70. The minimum atomic E-state index is -2.57. The van der Waals surface area contributed by atoms with E-state index in [1.54, 1.807) is 13.8 Å². The van der Waals surface area contributed by atoms with Crippen LogP contribution in [0.5, 0.6) is 0 Å². The molecule has 1 heterocycles. The lowest BCUT2D eigenvalue weighted by atomic mass is 9.92. The number of ether oxygens (including phenoxy) is 3. The van der Waals surface area contributed by atoms with Crippen LogP contribution in [0.4, 0.5) is 0 Å². The molecule has 1 fully saturated rings. The molecule has 0 aromatic rings. The van der Waals surface area contributed by atoms with Crippen molar-refractivity contribution in [2.45, 2.75) is 44.6 Å². The summed E-state index contributed by atoms with van der Waals surface area (Å²) in [4.78, 5) is 0. The van der Waals surface area contributed by atoms with E-state index in [0.29, 0.717) is 19.4 Å². The van der Waals surface area contributed by atoms with Gasteiger partial charge in [-0.1, -0.05) is 13.8 Å². The van der Waals surface area contributed by atoms with Gasteiger partial charge in [-0.3, -0.25) is 4.57 Å². The summed E-state index contributed by atoms with van der Waals surface area (Å²) in [5.74, 6) is 0. The lowest BCUT2D eigenvalue weighted by molar-refractivity contribution is -0.0293. The molecule has 0 amide bonds. The third-order valence-electron chi connectivity index (χ3n) is 3.46. The normalized spacial score (nSPS) is 34.3. The predicted octanol–water partition coefficient (Wildman–Crippen LogP) is 1.10. The molecule has 0 spiro atoms. The predicted molar refractivity (Wildman–Crippen MR) is 78.1 cm³/mol. The van der Waals surface area contributed by atoms with Crippen LogP contribution < -0.4 is 0 Å². The van der Waals surface area contributed by atoms with E-state index >= 15 is 0 Å². The average Bonchev–Trinajstić information content (AvgIpc) is 2.66. The van der Waals surface area contributed by atoms with Crippen LogP contribution in [0, 0.1) is 0 Å². The van der Waals surface area contributed by atoms with Crippen LogP contribution in [0.3, 0.4) is 0 Å². The Morgan fingerprint density at radius 1 is 1.26 bits per heavy atom. The van der Waals surface area contributed by atoms with Gasteiger partial charge in [0.2, 0.25) is 0 Å². The zero-order valence-corrected chi connectivity index (χ0v) is 13.5. The molecule has 1 aliphatic heterocycles. The first-order valence-electron chi connectivity index (χ1n) is 6.96. The fraction of sp³-hybridized carbons (Fsp3) is 1.00. The number of hydrogen-bond acceptors (Lipinski definition) is 5. The highest BCUT2D eigenvalue weighted by Crippen LogP contribution is 2.46. The van der Waals surface area contributed by atoms with Gasteiger partial charge in [0, 0.05) is 19.9 Å². The van der Waals surface area contributed by atoms with Gasteiger partial charge in [0.25, 0.3) is 0 Å². The molecule has 7 heteroatoms. The third-order valence-corrected chi connectivity index (χ3v) is 5.30. The van der Waals surface area contributed by atoms with Crippen LogP contribution in [0.25, 0.3) is 0 Å². The summed E-state index contributed by atoms with van der Waals surface area (Å²) in [6, 6.07) is -0.0522. The van der Waals surface area contributed by atoms with E-state index in [4.69, 9.17) is 18.7 Å². The smallest absolute Gasteiger partial charge is 0.200 e. The second kappa shape index (κ2) is 7.80. The molecule has 0 radical (unpaired) electrons. The Labute approximate surface area is 117 Å². The third kappa shape index (κ3) is 4.87. The summed E-state index contributed by atoms with van der Waals surface area (Å²) >= 11 is 0. The van der Waals surface area contributed by atoms with Gasteiger partial charge < -0.3 is 18.7 Å². The lowest BCUT2D eigenvalue weighted by Crippen LogP contribution is -2.38. The van der Waals surface area contributed by atoms with E-state index < -0.39 is 7.37 Å². The topological polar surface area (TPSA) is 54.0 Å². The van der Waals surface area contributed by atoms with Gasteiger partial charge in [0.1, 0.15) is 20.1 Å². The van der Waals surface area contributed by atoms with Crippen molar-refractivity contribution < 1.29 is 23.3 Å². The molecule has 0 aromatic heterocycles. The second-order valence-corrected chi connectivity index (χ2v) is 7.89. The van der Waals surface area contributed by atoms with Gasteiger partial charge in [-0.05, 0) is 6.42 Å². The Bertz CT molecular complexity index is 314. The molecule has 0 saturated carbocycles. The van der Waals surface area contributed by atoms with Crippen LogP contribution >= 0.6 is 7.37 Å². The Morgan fingerprint density at radius 3 is 2.47 bits per heavy atom. The Morgan fingerprint density at radius 2 is 1.95 bits per heavy atom. The van der Waals surface area contributed by atoms with E-state index in [1.165, 1.54) is 0 Å². The molecule has 5 nitrogen and oxygen atoms in total. The summed E-state index contributed by atoms with van der Waals surface area (Å²) in [6.07, 6.45) is 0.858. The quantitative estimate of drug-likeness (QED) is 0.381. The van der Waals surface area contributed by atoms with Crippen LogP contribution in [0.2, 0.25) is 0 Å². The fourth-order valence-electron chi connectivity index (χ4n) is 2.20. The maximum Gasteiger partial charge on any atom is 0.200 e. The van der Waals surface area contributed by atoms with E-state index in [2.05, 4.69) is 0 Å². The first kappa shape index (κ1) is 17.2. The molecule has 5 atom stereocenters. The largest absolute Gasteiger partial charge is 0.382 e. The van der Waals surface area contributed by atoms with Crippen LogP contribution in [0.15, 0.2) is 0 Å². The Hall–Kier alpha value is 0.135. The minimum Gasteiger partial charge on any atom is -0.382 e. The molecule has 1 aliphatic rings. The minimum absolute atomic E-state index is 0.0522. The summed E-state index contributed by atoms with van der Waals surface area (Å²) in [6.45, 7) is 6.62. The van der Waals surface area contributed by atoms with Gasteiger partial charge >= 0.3 is 0 Å². The molecule has 0 N–H and O–H groups in total. The molecular weight excluding hydrogens is 266 g/mol. The van der Waals surface area contributed by atoms with Gasteiger partial charge in [-0.2, -0.15) is 0 Å². The number of rotatable bonds is 8. The van der Waals surface area contributed by atoms with Gasteiger partial charge in [-0.15, -0.1) is 0 Å². The molecule has 1 rings (SSSR count). The number of methoxy groups -OCH3 is 1. The SMILES string of the molecule is B[C@@H]1O[C@H](CC)C(OP(C)(=O)CC)[C@@H]1OCCOC. The highest BCUT2D eigenvalue weighted by atomic mass is 31.2. The van der Waals surface area contributed by atoms with Gasteiger partial charge in [0.15, 0.2) is 7.37 Å². The van der Waals surface area contributed by atoms with Crippen molar-refractivity contribution in [3.8, 4) is 0 Å². The molecule has 1 saturated heterocycles. The zero-order chi connectivity index (χ0) is 14.5. The summed E-state index contributed by atoms with van der Waals surface area (Å²) < 4.78 is 34.7. The molecule has 0 aliphatic carbocycles. The lowest BCUT2D eigenvalue weighted by Gasteiger charge is -2.26. The van der Waals surface area contributed by atoms with Crippen molar-refractivity contribution in [2.75, 3.05) is 33.2 Å². The molecule has 0 aromatic carbocycles. The van der Waals surface area contributed by atoms with Crippen LogP contribution in [-0.2, 0) is 23.3 Å². The van der Waals surface area contributed by atoms with Crippen molar-refractivity contribution in [3.05, 3.63) is 0 Å². The highest BCUT2D eigenvalue weighted by molar-refractivity contribution is 7.58. The van der Waals surface area contributed by atoms with Crippen molar-refractivity contribution in [1.82, 2.24) is 0 Å². The number of hydrogen-bond donors (Lipinski definition) is 0. The van der Waals surface area contributed by atoms with Crippen LogP contribution in [-0.4, -0.2) is 65.3 Å². The van der Waals surface area contributed by atoms with Crippen molar-refractivity contribution in [1.29, 1.82) is 0 Å². The van der Waals surface area contributed by atoms with Crippen LogP contribution in [0.1, 0.15) is 20.3 Å². The average molecular weight is 292 g/mol. The van der Waals surface area contributed by atoms with E-state index in [9.17, 15) is 4.57 Å². The highest BCUT2D eigenvalue weighted by Gasteiger charge is 2.45. The molecule has 112 valence electrons. The summed E-state index contributed by atoms with van der Waals surface area (Å²) in [5, 5.41) is 0. The van der Waals surface area contributed by atoms with Gasteiger partial charge in [0.05, 0.1) is 25.3 Å². The molecule has 0 bridgehead atoms. The molecule has 2 unspecified atom stereocenters. The van der Waals surface area contributed by atoms with E-state index in [0.717, 1.165) is 6.42 Å². The summed E-state index contributed by atoms with van der Waals surface area (Å²) in [5.41, 5.74) is 0. The first-order chi connectivity index (χ1) is 8.95. The van der Waals surface area contributed by atoms with Crippen molar-refractivity contribution in [3.63, 3.8) is 0 Å². The van der Waals surface area contributed by atoms with Crippen molar-refractivity contribution in [2.24, 2.45) is 0 Å². The second-order valence-electron chi connectivity index (χ2n) is 5.02. The molecular formula is C12H26BO5P. The van der Waals surface area contributed by atoms with E-state index in [1.807, 2.05) is 21.7 Å². The maximum absolute atomic E-state index is 12.2. The van der Waals surface area contributed by atoms with Crippen molar-refractivity contribution >= 4 is 15.2 Å². The fourth-order valence-corrected chi connectivity index (χ4v) is 3.12. The zero-order valence-electron chi connectivity index (χ0n) is 12.6. The summed E-state index contributed by atoms with van der Waals surface area (Å²) in [7, 11) is 1.04.